The number of carbonyl (C=O) groups excluding carboxylic acids is 1. The summed E-state index contributed by atoms with van der Waals surface area (Å²) in [7, 11) is -4.43. The summed E-state index contributed by atoms with van der Waals surface area (Å²) in [5.74, 6) is -3.09. The third kappa shape index (κ3) is 4.72. The topological polar surface area (TPSA) is 72.5 Å². The van der Waals surface area contributed by atoms with Crippen LogP contribution in [0, 0.1) is 11.6 Å². The van der Waals surface area contributed by atoms with Gasteiger partial charge in [0.15, 0.2) is 5.82 Å². The Kier molecular flexibility index (Phi) is 6.14. The van der Waals surface area contributed by atoms with Crippen molar-refractivity contribution in [3.05, 3.63) is 83.4 Å². The minimum atomic E-state index is -4.43. The molecule has 0 saturated heterocycles. The molecule has 0 aliphatic rings. The fourth-order valence-electron chi connectivity index (χ4n) is 2.47. The van der Waals surface area contributed by atoms with Crippen molar-refractivity contribution in [2.24, 2.45) is 0 Å². The van der Waals surface area contributed by atoms with Gasteiger partial charge in [0.1, 0.15) is 23.0 Å². The van der Waals surface area contributed by atoms with Crippen LogP contribution in [0.3, 0.4) is 0 Å². The summed E-state index contributed by atoms with van der Waals surface area (Å²) >= 11 is 5.74. The normalized spacial score (nSPS) is 11.1. The lowest BCUT2D eigenvalue weighted by atomic mass is 10.3. The van der Waals surface area contributed by atoms with E-state index >= 15 is 0 Å². The number of ether oxygens (including phenoxy) is 1. The second-order valence-corrected chi connectivity index (χ2v) is 8.16. The van der Waals surface area contributed by atoms with Gasteiger partial charge in [-0.2, -0.15) is 0 Å². The van der Waals surface area contributed by atoms with E-state index in [0.29, 0.717) is 5.02 Å². The molecule has 3 aromatic rings. The molecular formula is C20H14ClF2NO4S. The molecule has 0 fully saturated rings. The molecule has 0 aliphatic heterocycles. The Morgan fingerprint density at radius 3 is 2.28 bits per heavy atom. The molecule has 0 aliphatic carbocycles. The Labute approximate surface area is 170 Å². The molecule has 0 bridgehead atoms. The molecule has 0 saturated carbocycles. The molecule has 0 atom stereocenters. The number of hydrogen-bond donors (Lipinski definition) is 1. The minimum Gasteiger partial charge on any atom is -0.425 e. The summed E-state index contributed by atoms with van der Waals surface area (Å²) in [5.41, 5.74) is -0.353. The predicted octanol–water partition coefficient (Wildman–Crippen LogP) is 4.47. The van der Waals surface area contributed by atoms with Crippen LogP contribution in [-0.4, -0.2) is 20.9 Å². The Morgan fingerprint density at radius 1 is 0.966 bits per heavy atom. The molecule has 9 heteroatoms. The van der Waals surface area contributed by atoms with Crippen LogP contribution >= 0.6 is 11.6 Å². The van der Waals surface area contributed by atoms with E-state index in [-0.39, 0.29) is 16.3 Å². The maximum absolute atomic E-state index is 14.8. The standard InChI is InChI=1S/C20H14ClF2NO4S/c21-13-6-8-14(9-7-13)28-18(25)12-24-17-11-10-16(22)20(19(17)23)29(26,27)15-4-2-1-3-5-15/h1-11,24H,12H2. The van der Waals surface area contributed by atoms with E-state index < -0.39 is 38.9 Å². The SMILES string of the molecule is O=C(CNc1ccc(F)c(S(=O)(=O)c2ccccc2)c1F)Oc1ccc(Cl)cc1. The van der Waals surface area contributed by atoms with Crippen molar-refractivity contribution in [1.29, 1.82) is 0 Å². The fraction of sp³-hybridized carbons (Fsp3) is 0.0500. The van der Waals surface area contributed by atoms with Crippen molar-refractivity contribution >= 4 is 33.1 Å². The van der Waals surface area contributed by atoms with Gasteiger partial charge in [0.25, 0.3) is 0 Å². The van der Waals surface area contributed by atoms with Gasteiger partial charge in [-0.05, 0) is 48.5 Å². The largest absolute Gasteiger partial charge is 0.425 e. The van der Waals surface area contributed by atoms with E-state index in [1.165, 1.54) is 48.5 Å². The van der Waals surface area contributed by atoms with E-state index in [2.05, 4.69) is 5.32 Å². The van der Waals surface area contributed by atoms with Crippen molar-refractivity contribution in [2.45, 2.75) is 9.79 Å². The minimum absolute atomic E-state index is 0.230. The van der Waals surface area contributed by atoms with E-state index in [1.807, 2.05) is 0 Å². The summed E-state index contributed by atoms with van der Waals surface area (Å²) in [4.78, 5) is 10.6. The van der Waals surface area contributed by atoms with E-state index in [4.69, 9.17) is 16.3 Å². The van der Waals surface area contributed by atoms with Gasteiger partial charge >= 0.3 is 5.97 Å². The number of carbonyl (C=O) groups is 1. The van der Waals surface area contributed by atoms with Crippen molar-refractivity contribution < 1.29 is 26.7 Å². The molecule has 150 valence electrons. The van der Waals surface area contributed by atoms with E-state index in [9.17, 15) is 22.0 Å². The molecule has 29 heavy (non-hydrogen) atoms. The molecule has 1 N–H and O–H groups in total. The Hall–Kier alpha value is -2.97. The molecule has 3 rings (SSSR count). The van der Waals surface area contributed by atoms with Crippen LogP contribution in [0.2, 0.25) is 5.02 Å². The number of anilines is 1. The van der Waals surface area contributed by atoms with Crippen molar-refractivity contribution in [1.82, 2.24) is 0 Å². The van der Waals surface area contributed by atoms with Gasteiger partial charge in [-0.1, -0.05) is 29.8 Å². The van der Waals surface area contributed by atoms with Gasteiger partial charge in [-0.15, -0.1) is 0 Å². The maximum atomic E-state index is 14.8. The van der Waals surface area contributed by atoms with Crippen LogP contribution in [0.1, 0.15) is 0 Å². The third-order valence-corrected chi connectivity index (χ3v) is 5.90. The number of esters is 1. The first-order chi connectivity index (χ1) is 13.8. The number of sulfone groups is 1. The van der Waals surface area contributed by atoms with Crippen LogP contribution in [-0.2, 0) is 14.6 Å². The molecule has 0 aromatic heterocycles. The molecule has 0 radical (unpaired) electrons. The van der Waals surface area contributed by atoms with Gasteiger partial charge in [-0.25, -0.2) is 22.0 Å². The van der Waals surface area contributed by atoms with Crippen LogP contribution in [0.15, 0.2) is 76.5 Å². The molecule has 0 spiro atoms. The molecular weight excluding hydrogens is 424 g/mol. The van der Waals surface area contributed by atoms with Gasteiger partial charge in [-0.3, -0.25) is 0 Å². The lowest BCUT2D eigenvalue weighted by Gasteiger charge is -2.12. The number of rotatable bonds is 6. The number of nitrogens with one attached hydrogen (secondary N) is 1. The Balaban J connectivity index is 1.80. The summed E-state index contributed by atoms with van der Waals surface area (Å²) in [5, 5.41) is 2.89. The van der Waals surface area contributed by atoms with Gasteiger partial charge in [0, 0.05) is 5.02 Å². The Bertz CT molecular complexity index is 1140. The quantitative estimate of drug-likeness (QED) is 0.455. The van der Waals surface area contributed by atoms with Crippen molar-refractivity contribution in [3.8, 4) is 5.75 Å². The zero-order valence-electron chi connectivity index (χ0n) is 14.7. The summed E-state index contributed by atoms with van der Waals surface area (Å²) in [6.45, 7) is -0.476. The summed E-state index contributed by atoms with van der Waals surface area (Å²) in [6, 6.07) is 14.7. The van der Waals surface area contributed by atoms with Crippen LogP contribution < -0.4 is 10.1 Å². The Morgan fingerprint density at radius 2 is 1.62 bits per heavy atom. The molecule has 0 amide bonds. The average molecular weight is 438 g/mol. The molecule has 5 nitrogen and oxygen atoms in total. The van der Waals surface area contributed by atoms with E-state index in [1.54, 1.807) is 6.07 Å². The van der Waals surface area contributed by atoms with Gasteiger partial charge < -0.3 is 10.1 Å². The van der Waals surface area contributed by atoms with Crippen molar-refractivity contribution in [3.63, 3.8) is 0 Å². The lowest BCUT2D eigenvalue weighted by molar-refractivity contribution is -0.132. The third-order valence-electron chi connectivity index (χ3n) is 3.84. The summed E-state index contributed by atoms with van der Waals surface area (Å²) in [6.07, 6.45) is 0. The number of halogens is 3. The fourth-order valence-corrected chi connectivity index (χ4v) is 4.02. The molecule has 0 heterocycles. The van der Waals surface area contributed by atoms with Crippen molar-refractivity contribution in [2.75, 3.05) is 11.9 Å². The number of benzene rings is 3. The lowest BCUT2D eigenvalue weighted by Crippen LogP contribution is -2.20. The number of hydrogen-bond acceptors (Lipinski definition) is 5. The zero-order valence-corrected chi connectivity index (χ0v) is 16.3. The molecule has 3 aromatic carbocycles. The van der Waals surface area contributed by atoms with Gasteiger partial charge in [0.05, 0.1) is 10.6 Å². The zero-order chi connectivity index (χ0) is 21.0. The average Bonchev–Trinajstić information content (AvgIpc) is 2.70. The summed E-state index contributed by atoms with van der Waals surface area (Å²) < 4.78 is 59.3. The molecule has 0 unspecified atom stereocenters. The highest BCUT2D eigenvalue weighted by atomic mass is 35.5. The second kappa shape index (κ2) is 8.59. The first kappa shape index (κ1) is 20.8. The highest BCUT2D eigenvalue weighted by molar-refractivity contribution is 7.91. The predicted molar refractivity (Wildman–Crippen MR) is 104 cm³/mol. The van der Waals surface area contributed by atoms with Crippen LogP contribution in [0.5, 0.6) is 5.75 Å². The van der Waals surface area contributed by atoms with Crippen LogP contribution in [0.4, 0.5) is 14.5 Å². The van der Waals surface area contributed by atoms with Gasteiger partial charge in [0.2, 0.25) is 9.84 Å². The monoisotopic (exact) mass is 437 g/mol. The first-order valence-corrected chi connectivity index (χ1v) is 10.1. The second-order valence-electron chi connectivity index (χ2n) is 5.84. The van der Waals surface area contributed by atoms with Crippen LogP contribution in [0.25, 0.3) is 0 Å². The highest BCUT2D eigenvalue weighted by Gasteiger charge is 2.28. The maximum Gasteiger partial charge on any atom is 0.330 e. The van der Waals surface area contributed by atoms with E-state index in [0.717, 1.165) is 12.1 Å². The highest BCUT2D eigenvalue weighted by Crippen LogP contribution is 2.30. The first-order valence-electron chi connectivity index (χ1n) is 8.27. The smallest absolute Gasteiger partial charge is 0.330 e.